The number of fused-ring (bicyclic) bond motifs is 1. The Kier molecular flexibility index (Phi) is 2.80. The van der Waals surface area contributed by atoms with E-state index in [2.05, 4.69) is 11.9 Å². The van der Waals surface area contributed by atoms with Gasteiger partial charge in [-0.3, -0.25) is 0 Å². The van der Waals surface area contributed by atoms with Crippen molar-refractivity contribution < 1.29 is 5.11 Å². The molecule has 2 heteroatoms. The van der Waals surface area contributed by atoms with Gasteiger partial charge in [0.2, 0.25) is 0 Å². The molecule has 0 radical (unpaired) electrons. The van der Waals surface area contributed by atoms with E-state index in [9.17, 15) is 5.11 Å². The molecule has 1 heterocycles. The second-order valence-electron chi connectivity index (χ2n) is 5.90. The fourth-order valence-electron chi connectivity index (χ4n) is 4.01. The molecular weight excluding hydrogens is 198 g/mol. The Morgan fingerprint density at radius 2 is 2.06 bits per heavy atom. The Hall–Kier alpha value is -0.340. The third kappa shape index (κ3) is 1.72. The van der Waals surface area contributed by atoms with E-state index in [4.69, 9.17) is 0 Å². The Bertz CT molecular complexity index is 310. The molecule has 0 amide bonds. The van der Waals surface area contributed by atoms with Crippen molar-refractivity contribution in [2.45, 2.75) is 57.1 Å². The molecule has 0 aromatic carbocycles. The number of piperidine rings is 1. The van der Waals surface area contributed by atoms with Gasteiger partial charge in [0.15, 0.2) is 0 Å². The summed E-state index contributed by atoms with van der Waals surface area (Å²) in [7, 11) is 2.28. The lowest BCUT2D eigenvalue weighted by Gasteiger charge is -2.45. The minimum absolute atomic E-state index is 0.100. The monoisotopic (exact) mass is 221 g/mol. The number of rotatable bonds is 0. The highest BCUT2D eigenvalue weighted by atomic mass is 16.3. The number of nitrogens with zero attached hydrogens (tertiary/aromatic N) is 1. The molecule has 3 rings (SSSR count). The van der Waals surface area contributed by atoms with Crippen molar-refractivity contribution in [3.05, 3.63) is 11.1 Å². The molecule has 1 N–H and O–H groups in total. The van der Waals surface area contributed by atoms with E-state index in [0.29, 0.717) is 0 Å². The van der Waals surface area contributed by atoms with E-state index in [1.54, 1.807) is 5.57 Å². The average molecular weight is 221 g/mol. The molecule has 1 unspecified atom stereocenters. The van der Waals surface area contributed by atoms with Gasteiger partial charge in [-0.2, -0.15) is 0 Å². The zero-order valence-electron chi connectivity index (χ0n) is 10.3. The number of hydrogen-bond donors (Lipinski definition) is 1. The molecule has 90 valence electrons. The Labute approximate surface area is 98.3 Å². The molecule has 1 saturated heterocycles. The van der Waals surface area contributed by atoms with Crippen LogP contribution in [-0.4, -0.2) is 35.7 Å². The summed E-state index contributed by atoms with van der Waals surface area (Å²) in [5.74, 6) is 0.824. The van der Waals surface area contributed by atoms with Gasteiger partial charge in [-0.15, -0.1) is 0 Å². The first-order valence-electron chi connectivity index (χ1n) is 6.85. The number of hydrogen-bond acceptors (Lipinski definition) is 2. The summed E-state index contributed by atoms with van der Waals surface area (Å²) < 4.78 is 0. The van der Waals surface area contributed by atoms with Crippen LogP contribution >= 0.6 is 0 Å². The highest BCUT2D eigenvalue weighted by molar-refractivity contribution is 5.26. The highest BCUT2D eigenvalue weighted by Gasteiger charge is 2.37. The molecule has 3 atom stereocenters. The van der Waals surface area contributed by atoms with Crippen LogP contribution in [0.25, 0.3) is 0 Å². The predicted octanol–water partition coefficient (Wildman–Crippen LogP) is 2.33. The van der Waals surface area contributed by atoms with Crippen molar-refractivity contribution in [3.63, 3.8) is 0 Å². The van der Waals surface area contributed by atoms with E-state index in [1.165, 1.54) is 50.6 Å². The van der Waals surface area contributed by atoms with Crippen LogP contribution in [0.2, 0.25) is 0 Å². The molecule has 0 aromatic heterocycles. The third-order valence-electron chi connectivity index (χ3n) is 4.95. The first-order chi connectivity index (χ1) is 7.75. The van der Waals surface area contributed by atoms with Crippen molar-refractivity contribution in [1.82, 2.24) is 4.90 Å². The van der Waals surface area contributed by atoms with Crippen molar-refractivity contribution >= 4 is 0 Å². The van der Waals surface area contributed by atoms with Crippen molar-refractivity contribution in [2.75, 3.05) is 13.6 Å². The van der Waals surface area contributed by atoms with Crippen molar-refractivity contribution in [2.24, 2.45) is 5.92 Å². The summed E-state index contributed by atoms with van der Waals surface area (Å²) in [5, 5.41) is 10.1. The van der Waals surface area contributed by atoms with E-state index < -0.39 is 0 Å². The molecule has 1 aliphatic heterocycles. The lowest BCUT2D eigenvalue weighted by atomic mass is 9.71. The standard InChI is InChI=1S/C14H23NO/c1-15-7-3-5-11-8-12-10(9-13(11)15)4-2-6-14(12)16/h11,13-14,16H,2-9H2,1H3/t11-,13-,14?/m1/s1. The van der Waals surface area contributed by atoms with E-state index in [0.717, 1.165) is 18.4 Å². The smallest absolute Gasteiger partial charge is 0.0753 e. The maximum Gasteiger partial charge on any atom is 0.0753 e. The Morgan fingerprint density at radius 3 is 2.94 bits per heavy atom. The second-order valence-corrected chi connectivity index (χ2v) is 5.90. The largest absolute Gasteiger partial charge is 0.389 e. The Balaban J connectivity index is 1.85. The van der Waals surface area contributed by atoms with Gasteiger partial charge < -0.3 is 10.0 Å². The van der Waals surface area contributed by atoms with E-state index in [-0.39, 0.29) is 6.10 Å². The molecule has 1 fully saturated rings. The van der Waals surface area contributed by atoms with Gasteiger partial charge in [-0.05, 0) is 70.0 Å². The summed E-state index contributed by atoms with van der Waals surface area (Å²) in [4.78, 5) is 2.55. The van der Waals surface area contributed by atoms with Gasteiger partial charge >= 0.3 is 0 Å². The van der Waals surface area contributed by atoms with Gasteiger partial charge in [0.25, 0.3) is 0 Å². The number of aliphatic hydroxyl groups excluding tert-OH is 1. The normalized spacial score (nSPS) is 40.5. The maximum absolute atomic E-state index is 10.1. The minimum atomic E-state index is -0.100. The lowest BCUT2D eigenvalue weighted by molar-refractivity contribution is 0.0931. The molecular formula is C14H23NO. The lowest BCUT2D eigenvalue weighted by Crippen LogP contribution is -2.46. The average Bonchev–Trinajstić information content (AvgIpc) is 2.29. The van der Waals surface area contributed by atoms with Crippen LogP contribution < -0.4 is 0 Å². The molecule has 0 saturated carbocycles. The van der Waals surface area contributed by atoms with Gasteiger partial charge in [-0.25, -0.2) is 0 Å². The second kappa shape index (κ2) is 4.15. The van der Waals surface area contributed by atoms with Crippen LogP contribution in [0.5, 0.6) is 0 Å². The molecule has 16 heavy (non-hydrogen) atoms. The van der Waals surface area contributed by atoms with Gasteiger partial charge in [0.05, 0.1) is 6.10 Å². The van der Waals surface area contributed by atoms with Crippen LogP contribution in [0, 0.1) is 5.92 Å². The van der Waals surface area contributed by atoms with Crippen LogP contribution in [0.1, 0.15) is 44.9 Å². The fourth-order valence-corrected chi connectivity index (χ4v) is 4.01. The zero-order valence-corrected chi connectivity index (χ0v) is 10.3. The molecule has 2 nitrogen and oxygen atoms in total. The fraction of sp³-hybridized carbons (Fsp3) is 0.857. The van der Waals surface area contributed by atoms with Crippen molar-refractivity contribution in [1.29, 1.82) is 0 Å². The first kappa shape index (κ1) is 10.8. The number of likely N-dealkylation sites (tertiary alicyclic amines) is 1. The van der Waals surface area contributed by atoms with Gasteiger partial charge in [-0.1, -0.05) is 5.57 Å². The summed E-state index contributed by atoms with van der Waals surface area (Å²) in [5.41, 5.74) is 3.04. The van der Waals surface area contributed by atoms with Gasteiger partial charge in [0.1, 0.15) is 0 Å². The van der Waals surface area contributed by atoms with Crippen LogP contribution in [0.15, 0.2) is 11.1 Å². The van der Waals surface area contributed by atoms with Gasteiger partial charge in [0, 0.05) is 6.04 Å². The summed E-state index contributed by atoms with van der Waals surface area (Å²) in [6, 6.07) is 0.776. The predicted molar refractivity (Wildman–Crippen MR) is 65.3 cm³/mol. The maximum atomic E-state index is 10.1. The topological polar surface area (TPSA) is 23.5 Å². The van der Waals surface area contributed by atoms with Crippen LogP contribution in [-0.2, 0) is 0 Å². The van der Waals surface area contributed by atoms with Crippen LogP contribution in [0.4, 0.5) is 0 Å². The van der Waals surface area contributed by atoms with E-state index in [1.807, 2.05) is 0 Å². The zero-order chi connectivity index (χ0) is 11.1. The third-order valence-corrected chi connectivity index (χ3v) is 4.95. The SMILES string of the molecule is CN1CCC[C@@H]2CC3=C(CCCC3O)C[C@H]21. The first-order valence-corrected chi connectivity index (χ1v) is 6.85. The minimum Gasteiger partial charge on any atom is -0.389 e. The van der Waals surface area contributed by atoms with E-state index >= 15 is 0 Å². The van der Waals surface area contributed by atoms with Crippen molar-refractivity contribution in [3.8, 4) is 0 Å². The Morgan fingerprint density at radius 1 is 1.19 bits per heavy atom. The quantitative estimate of drug-likeness (QED) is 0.635. The van der Waals surface area contributed by atoms with Crippen LogP contribution in [0.3, 0.4) is 0 Å². The number of aliphatic hydroxyl groups is 1. The molecule has 0 bridgehead atoms. The molecule has 0 spiro atoms. The summed E-state index contributed by atoms with van der Waals surface area (Å²) >= 11 is 0. The summed E-state index contributed by atoms with van der Waals surface area (Å²) in [6.45, 7) is 1.27. The molecule has 0 aromatic rings. The highest BCUT2D eigenvalue weighted by Crippen LogP contribution is 2.42. The molecule has 3 aliphatic rings. The molecule has 2 aliphatic carbocycles. The summed E-state index contributed by atoms with van der Waals surface area (Å²) in [6.07, 6.45) is 8.50.